The fraction of sp³-hybridized carbons (Fsp3) is 0.450. The van der Waals surface area contributed by atoms with Gasteiger partial charge in [0.2, 0.25) is 5.88 Å². The number of pyridine rings is 2. The SMILES string of the molecule is CC1(Oc2cc3c(cn2)CN=C3c2ccnc(N3CCOCC3)c2)CC1. The summed E-state index contributed by atoms with van der Waals surface area (Å²) in [7, 11) is 0. The van der Waals surface area contributed by atoms with E-state index < -0.39 is 0 Å². The Hall–Kier alpha value is -2.47. The minimum atomic E-state index is -0.0304. The number of anilines is 1. The van der Waals surface area contributed by atoms with Gasteiger partial charge in [-0.1, -0.05) is 0 Å². The lowest BCUT2D eigenvalue weighted by molar-refractivity contribution is 0.122. The third-order valence-corrected chi connectivity index (χ3v) is 5.28. The molecule has 1 saturated carbocycles. The average molecular weight is 350 g/mol. The lowest BCUT2D eigenvalue weighted by Gasteiger charge is -2.28. The van der Waals surface area contributed by atoms with Crippen LogP contribution in [0.1, 0.15) is 36.5 Å². The van der Waals surface area contributed by atoms with Crippen LogP contribution in [0, 0.1) is 0 Å². The molecule has 0 spiro atoms. The summed E-state index contributed by atoms with van der Waals surface area (Å²) < 4.78 is 11.5. The Labute approximate surface area is 152 Å². The van der Waals surface area contributed by atoms with Crippen molar-refractivity contribution < 1.29 is 9.47 Å². The van der Waals surface area contributed by atoms with Crippen molar-refractivity contribution in [2.45, 2.75) is 31.9 Å². The first-order valence-corrected chi connectivity index (χ1v) is 9.22. The van der Waals surface area contributed by atoms with Gasteiger partial charge in [0.05, 0.1) is 25.5 Å². The second-order valence-corrected chi connectivity index (χ2v) is 7.40. The molecule has 4 heterocycles. The van der Waals surface area contributed by atoms with E-state index in [1.54, 1.807) is 0 Å². The molecule has 6 heteroatoms. The van der Waals surface area contributed by atoms with Crippen LogP contribution in [0.5, 0.6) is 5.88 Å². The lowest BCUT2D eigenvalue weighted by atomic mass is 10.0. The van der Waals surface area contributed by atoms with E-state index in [9.17, 15) is 0 Å². The molecule has 134 valence electrons. The quantitative estimate of drug-likeness (QED) is 0.848. The van der Waals surface area contributed by atoms with Crippen LogP contribution in [0.15, 0.2) is 35.6 Å². The van der Waals surface area contributed by atoms with Crippen molar-refractivity contribution in [1.29, 1.82) is 0 Å². The number of morpholine rings is 1. The number of hydrogen-bond acceptors (Lipinski definition) is 6. The summed E-state index contributed by atoms with van der Waals surface area (Å²) in [5.41, 5.74) is 4.34. The van der Waals surface area contributed by atoms with Crippen LogP contribution in [-0.4, -0.2) is 47.6 Å². The zero-order valence-electron chi connectivity index (χ0n) is 14.9. The molecule has 0 bridgehead atoms. The molecular weight excluding hydrogens is 328 g/mol. The van der Waals surface area contributed by atoms with E-state index in [0.717, 1.165) is 67.4 Å². The van der Waals surface area contributed by atoms with E-state index in [4.69, 9.17) is 14.5 Å². The van der Waals surface area contributed by atoms with E-state index in [1.807, 2.05) is 24.5 Å². The van der Waals surface area contributed by atoms with Gasteiger partial charge in [-0.2, -0.15) is 0 Å². The summed E-state index contributed by atoms with van der Waals surface area (Å²) in [6, 6.07) is 6.20. The average Bonchev–Trinajstić information content (AvgIpc) is 3.25. The van der Waals surface area contributed by atoms with Crippen molar-refractivity contribution in [1.82, 2.24) is 9.97 Å². The Morgan fingerprint density at radius 1 is 1.15 bits per heavy atom. The molecule has 0 radical (unpaired) electrons. The van der Waals surface area contributed by atoms with E-state index in [1.165, 1.54) is 0 Å². The van der Waals surface area contributed by atoms with Crippen LogP contribution in [0.2, 0.25) is 0 Å². The van der Waals surface area contributed by atoms with Gasteiger partial charge in [0.25, 0.3) is 0 Å². The molecule has 2 aromatic heterocycles. The Morgan fingerprint density at radius 3 is 2.81 bits per heavy atom. The van der Waals surface area contributed by atoms with Crippen LogP contribution in [0.4, 0.5) is 5.82 Å². The highest BCUT2D eigenvalue weighted by Crippen LogP contribution is 2.39. The predicted molar refractivity (Wildman–Crippen MR) is 99.1 cm³/mol. The smallest absolute Gasteiger partial charge is 0.214 e. The first-order valence-electron chi connectivity index (χ1n) is 9.22. The molecular formula is C20H22N4O2. The molecule has 5 rings (SSSR count). The summed E-state index contributed by atoms with van der Waals surface area (Å²) in [5.74, 6) is 1.68. The van der Waals surface area contributed by atoms with Crippen LogP contribution >= 0.6 is 0 Å². The predicted octanol–water partition coefficient (Wildman–Crippen LogP) is 2.60. The molecule has 0 N–H and O–H groups in total. The molecule has 0 unspecified atom stereocenters. The van der Waals surface area contributed by atoms with Crippen molar-refractivity contribution in [3.05, 3.63) is 47.3 Å². The first-order chi connectivity index (χ1) is 12.7. The molecule has 0 aromatic carbocycles. The van der Waals surface area contributed by atoms with Crippen molar-refractivity contribution in [3.63, 3.8) is 0 Å². The Kier molecular flexibility index (Phi) is 3.67. The monoisotopic (exact) mass is 350 g/mol. The summed E-state index contributed by atoms with van der Waals surface area (Å²) in [6.45, 7) is 6.06. The third-order valence-electron chi connectivity index (χ3n) is 5.28. The summed E-state index contributed by atoms with van der Waals surface area (Å²) in [4.78, 5) is 16.0. The second-order valence-electron chi connectivity index (χ2n) is 7.40. The van der Waals surface area contributed by atoms with Gasteiger partial charge in [-0.3, -0.25) is 4.99 Å². The Morgan fingerprint density at radius 2 is 2.00 bits per heavy atom. The minimum absolute atomic E-state index is 0.0304. The highest BCUT2D eigenvalue weighted by molar-refractivity contribution is 6.15. The zero-order chi connectivity index (χ0) is 17.6. The number of fused-ring (bicyclic) bond motifs is 1. The second kappa shape index (κ2) is 6.06. The summed E-state index contributed by atoms with van der Waals surface area (Å²) in [5, 5.41) is 0. The van der Waals surface area contributed by atoms with E-state index in [-0.39, 0.29) is 5.60 Å². The fourth-order valence-electron chi connectivity index (χ4n) is 3.42. The molecule has 2 aliphatic heterocycles. The summed E-state index contributed by atoms with van der Waals surface area (Å²) >= 11 is 0. The standard InChI is InChI=1S/C20H22N4O2/c1-20(3-4-20)26-18-11-16-15(12-22-18)13-23-19(16)14-2-5-21-17(10-14)24-6-8-25-9-7-24/h2,5,10-12H,3-4,6-9,13H2,1H3. The van der Waals surface area contributed by atoms with Gasteiger partial charge in [0, 0.05) is 48.2 Å². The third kappa shape index (κ3) is 2.94. The van der Waals surface area contributed by atoms with Crippen molar-refractivity contribution in [2.75, 3.05) is 31.2 Å². The zero-order valence-corrected chi connectivity index (χ0v) is 14.9. The molecule has 2 fully saturated rings. The van der Waals surface area contributed by atoms with Gasteiger partial charge in [0.15, 0.2) is 0 Å². The maximum absolute atomic E-state index is 6.04. The Bertz CT molecular complexity index is 870. The van der Waals surface area contributed by atoms with Crippen molar-refractivity contribution in [3.8, 4) is 5.88 Å². The normalized spacial score (nSPS) is 20.5. The van der Waals surface area contributed by atoms with Gasteiger partial charge in [0.1, 0.15) is 11.4 Å². The molecule has 3 aliphatic rings. The molecule has 1 saturated heterocycles. The number of hydrogen-bond donors (Lipinski definition) is 0. The van der Waals surface area contributed by atoms with Crippen molar-refractivity contribution >= 4 is 11.5 Å². The van der Waals surface area contributed by atoms with E-state index in [2.05, 4.69) is 27.9 Å². The van der Waals surface area contributed by atoms with Gasteiger partial charge in [-0.25, -0.2) is 9.97 Å². The Balaban J connectivity index is 1.44. The van der Waals surface area contributed by atoms with Crippen LogP contribution < -0.4 is 9.64 Å². The minimum Gasteiger partial charge on any atom is -0.471 e. The number of aromatic nitrogens is 2. The highest BCUT2D eigenvalue weighted by Gasteiger charge is 2.40. The molecule has 1 aliphatic carbocycles. The van der Waals surface area contributed by atoms with Gasteiger partial charge < -0.3 is 14.4 Å². The maximum atomic E-state index is 6.04. The largest absolute Gasteiger partial charge is 0.471 e. The van der Waals surface area contributed by atoms with Crippen LogP contribution in [-0.2, 0) is 11.3 Å². The first kappa shape index (κ1) is 15.8. The number of ether oxygens (including phenoxy) is 2. The van der Waals surface area contributed by atoms with E-state index in [0.29, 0.717) is 12.4 Å². The number of rotatable bonds is 4. The highest BCUT2D eigenvalue weighted by atomic mass is 16.5. The van der Waals surface area contributed by atoms with Gasteiger partial charge in [-0.05, 0) is 31.9 Å². The molecule has 0 amide bonds. The number of nitrogens with zero attached hydrogens (tertiary/aromatic N) is 4. The molecule has 26 heavy (non-hydrogen) atoms. The van der Waals surface area contributed by atoms with Crippen molar-refractivity contribution in [2.24, 2.45) is 4.99 Å². The lowest BCUT2D eigenvalue weighted by Crippen LogP contribution is -2.36. The topological polar surface area (TPSA) is 59.8 Å². The fourth-order valence-corrected chi connectivity index (χ4v) is 3.42. The molecule has 6 nitrogen and oxygen atoms in total. The maximum Gasteiger partial charge on any atom is 0.214 e. The summed E-state index contributed by atoms with van der Waals surface area (Å²) in [6.07, 6.45) is 5.96. The molecule has 0 atom stereocenters. The number of aliphatic imine (C=N–C) groups is 1. The molecule has 2 aromatic rings. The van der Waals surface area contributed by atoms with Gasteiger partial charge in [-0.15, -0.1) is 0 Å². The van der Waals surface area contributed by atoms with Gasteiger partial charge >= 0.3 is 0 Å². The van der Waals surface area contributed by atoms with Crippen LogP contribution in [0.25, 0.3) is 0 Å². The van der Waals surface area contributed by atoms with Crippen LogP contribution in [0.3, 0.4) is 0 Å². The van der Waals surface area contributed by atoms with E-state index >= 15 is 0 Å².